The molecule has 0 aliphatic heterocycles. The van der Waals surface area contributed by atoms with E-state index in [9.17, 15) is 14.4 Å². The van der Waals surface area contributed by atoms with Crippen LogP contribution in [0, 0.1) is 0 Å². The fourth-order valence-electron chi connectivity index (χ4n) is 9.69. The van der Waals surface area contributed by atoms with Crippen LogP contribution in [-0.2, 0) is 28.6 Å². The highest BCUT2D eigenvalue weighted by molar-refractivity contribution is 5.71. The van der Waals surface area contributed by atoms with Gasteiger partial charge in [0.2, 0.25) is 0 Å². The molecule has 0 saturated carbocycles. The van der Waals surface area contributed by atoms with Crippen molar-refractivity contribution in [2.24, 2.45) is 0 Å². The van der Waals surface area contributed by atoms with Crippen LogP contribution in [0.4, 0.5) is 0 Å². The highest BCUT2D eigenvalue weighted by Crippen LogP contribution is 2.16. The molecule has 0 aliphatic rings. The van der Waals surface area contributed by atoms with E-state index in [4.69, 9.17) is 14.2 Å². The maximum absolute atomic E-state index is 12.9. The van der Waals surface area contributed by atoms with E-state index < -0.39 is 6.10 Å². The summed E-state index contributed by atoms with van der Waals surface area (Å²) in [6, 6.07) is 0. The molecule has 0 aromatic heterocycles. The molecule has 1 atom stereocenters. The lowest BCUT2D eigenvalue weighted by atomic mass is 10.1. The van der Waals surface area contributed by atoms with Crippen molar-refractivity contribution < 1.29 is 28.6 Å². The first-order chi connectivity index (χ1) is 39.0. The molecule has 456 valence electrons. The number of unbranched alkanes of at least 4 members (excludes halogenated alkanes) is 37. The minimum Gasteiger partial charge on any atom is -0.462 e. The molecule has 1 unspecified atom stereocenters. The largest absolute Gasteiger partial charge is 0.462 e. The van der Waals surface area contributed by atoms with Crippen LogP contribution in [0.15, 0.2) is 85.1 Å². The fourth-order valence-corrected chi connectivity index (χ4v) is 9.69. The van der Waals surface area contributed by atoms with Gasteiger partial charge in [0.15, 0.2) is 6.10 Å². The van der Waals surface area contributed by atoms with Gasteiger partial charge in [-0.3, -0.25) is 14.4 Å². The summed E-state index contributed by atoms with van der Waals surface area (Å²) in [5.74, 6) is -0.891. The minimum absolute atomic E-state index is 0.0842. The first kappa shape index (κ1) is 75.6. The third-order valence-electron chi connectivity index (χ3n) is 14.8. The van der Waals surface area contributed by atoms with E-state index in [1.54, 1.807) is 0 Å². The molecule has 0 bridgehead atoms. The zero-order chi connectivity index (χ0) is 57.1. The number of carbonyl (C=O) groups excluding carboxylic acids is 3. The first-order valence-electron chi connectivity index (χ1n) is 34.1. The molecule has 6 heteroatoms. The predicted octanol–water partition coefficient (Wildman–Crippen LogP) is 23.4. The summed E-state index contributed by atoms with van der Waals surface area (Å²) in [6.45, 7) is 6.62. The van der Waals surface area contributed by atoms with E-state index in [-0.39, 0.29) is 31.1 Å². The Balaban J connectivity index is 4.41. The molecule has 0 saturated heterocycles. The van der Waals surface area contributed by atoms with Gasteiger partial charge in [0.1, 0.15) is 13.2 Å². The monoisotopic (exact) mass is 1100 g/mol. The number of carbonyl (C=O) groups is 3. The van der Waals surface area contributed by atoms with Crippen LogP contribution >= 0.6 is 0 Å². The van der Waals surface area contributed by atoms with Gasteiger partial charge in [0.25, 0.3) is 0 Å². The van der Waals surface area contributed by atoms with Crippen LogP contribution in [0.25, 0.3) is 0 Å². The molecule has 6 nitrogen and oxygen atoms in total. The van der Waals surface area contributed by atoms with Crippen LogP contribution < -0.4 is 0 Å². The number of ether oxygens (including phenoxy) is 3. The number of allylic oxidation sites excluding steroid dienone is 14. The van der Waals surface area contributed by atoms with Gasteiger partial charge in [0.05, 0.1) is 0 Å². The second-order valence-electron chi connectivity index (χ2n) is 22.7. The summed E-state index contributed by atoms with van der Waals surface area (Å²) < 4.78 is 17.0. The van der Waals surface area contributed by atoms with Crippen molar-refractivity contribution in [2.45, 2.75) is 348 Å². The number of hydrogen-bond donors (Lipinski definition) is 0. The zero-order valence-electron chi connectivity index (χ0n) is 52.4. The van der Waals surface area contributed by atoms with Gasteiger partial charge in [-0.25, -0.2) is 0 Å². The lowest BCUT2D eigenvalue weighted by Gasteiger charge is -2.18. The Bertz CT molecular complexity index is 1500. The molecular formula is C73H128O6. The molecular weight excluding hydrogens is 973 g/mol. The predicted molar refractivity (Wildman–Crippen MR) is 344 cm³/mol. The summed E-state index contributed by atoms with van der Waals surface area (Å²) in [4.78, 5) is 38.4. The molecule has 0 N–H and O–H groups in total. The Hall–Kier alpha value is -3.41. The normalized spacial score (nSPS) is 12.6. The van der Waals surface area contributed by atoms with E-state index in [0.29, 0.717) is 19.3 Å². The average molecular weight is 1100 g/mol. The van der Waals surface area contributed by atoms with Crippen LogP contribution in [0.1, 0.15) is 342 Å². The Kier molecular flexibility index (Phi) is 64.2. The standard InChI is InChI=1S/C73H128O6/c1-4-7-10-13-16-19-22-25-28-31-34-35-36-37-40-42-45-48-51-54-57-60-63-66-72(75)78-69-70(79-73(76)67-64-61-58-55-52-49-46-43-39-33-30-27-24-21-18-15-12-9-6-3)68-77-71(74)65-62-59-56-53-50-47-44-41-38-32-29-26-23-20-17-14-11-8-5-2/h18,21-22,25-27,29-31,34,36-37,39,43,70H,4-17,19-20,23-24,28,32-33,35,38,40-42,44-69H2,1-3H3/b21-18-,25-22-,29-26-,30-27-,34-31-,37-36-,43-39-. The van der Waals surface area contributed by atoms with Crippen molar-refractivity contribution in [3.8, 4) is 0 Å². The Morgan fingerprint density at radius 2 is 0.456 bits per heavy atom. The highest BCUT2D eigenvalue weighted by atomic mass is 16.6. The van der Waals surface area contributed by atoms with E-state index in [1.165, 1.54) is 199 Å². The molecule has 0 fully saturated rings. The van der Waals surface area contributed by atoms with Crippen molar-refractivity contribution in [3.63, 3.8) is 0 Å². The van der Waals surface area contributed by atoms with Gasteiger partial charge in [0, 0.05) is 19.3 Å². The number of rotatable bonds is 62. The molecule has 0 aromatic carbocycles. The molecule has 0 amide bonds. The lowest BCUT2D eigenvalue weighted by molar-refractivity contribution is -0.167. The van der Waals surface area contributed by atoms with Crippen molar-refractivity contribution >= 4 is 17.9 Å². The third kappa shape index (κ3) is 65.3. The first-order valence-corrected chi connectivity index (χ1v) is 34.1. The maximum Gasteiger partial charge on any atom is 0.306 e. The number of hydrogen-bond acceptors (Lipinski definition) is 6. The van der Waals surface area contributed by atoms with Crippen LogP contribution in [0.3, 0.4) is 0 Å². The lowest BCUT2D eigenvalue weighted by Crippen LogP contribution is -2.30. The van der Waals surface area contributed by atoms with Crippen molar-refractivity contribution in [2.75, 3.05) is 13.2 Å². The maximum atomic E-state index is 12.9. The Labute approximate surface area is 490 Å². The van der Waals surface area contributed by atoms with Gasteiger partial charge in [-0.1, -0.05) is 286 Å². The SMILES string of the molecule is CCCCC/C=C\C/C=C\C/C=C\CCCCCCCCC(=O)OC(COC(=O)CCCCCCCCCC/C=C\C/C=C\C/C=C\CCCCCCC)COC(=O)CCCCCCCCCCC/C=C\CCCCCCCC. The summed E-state index contributed by atoms with van der Waals surface area (Å²) >= 11 is 0. The fraction of sp³-hybridized carbons (Fsp3) is 0.767. The second-order valence-corrected chi connectivity index (χ2v) is 22.7. The van der Waals surface area contributed by atoms with E-state index >= 15 is 0 Å². The third-order valence-corrected chi connectivity index (χ3v) is 14.8. The average Bonchev–Trinajstić information content (AvgIpc) is 3.45. The smallest absolute Gasteiger partial charge is 0.306 e. The second kappa shape index (κ2) is 67.1. The summed E-state index contributed by atoms with van der Waals surface area (Å²) in [5, 5.41) is 0. The van der Waals surface area contributed by atoms with Crippen molar-refractivity contribution in [3.05, 3.63) is 85.1 Å². The van der Waals surface area contributed by atoms with E-state index in [0.717, 1.165) is 103 Å². The van der Waals surface area contributed by atoms with Gasteiger partial charge in [-0.2, -0.15) is 0 Å². The Morgan fingerprint density at radius 1 is 0.253 bits per heavy atom. The minimum atomic E-state index is -0.790. The zero-order valence-corrected chi connectivity index (χ0v) is 52.4. The molecule has 0 radical (unpaired) electrons. The van der Waals surface area contributed by atoms with Gasteiger partial charge in [-0.05, 0) is 122 Å². The van der Waals surface area contributed by atoms with Gasteiger partial charge in [-0.15, -0.1) is 0 Å². The summed E-state index contributed by atoms with van der Waals surface area (Å²) in [5.41, 5.74) is 0. The molecule has 0 heterocycles. The quantitative estimate of drug-likeness (QED) is 0.0261. The Morgan fingerprint density at radius 3 is 0.747 bits per heavy atom. The molecule has 0 aromatic rings. The van der Waals surface area contributed by atoms with Crippen molar-refractivity contribution in [1.82, 2.24) is 0 Å². The molecule has 0 rings (SSSR count). The topological polar surface area (TPSA) is 78.9 Å². The molecule has 79 heavy (non-hydrogen) atoms. The summed E-state index contributed by atoms with van der Waals surface area (Å²) in [7, 11) is 0. The van der Waals surface area contributed by atoms with E-state index in [1.807, 2.05) is 0 Å². The van der Waals surface area contributed by atoms with Crippen LogP contribution in [-0.4, -0.2) is 37.2 Å². The van der Waals surface area contributed by atoms with E-state index in [2.05, 4.69) is 106 Å². The number of esters is 3. The summed E-state index contributed by atoms with van der Waals surface area (Å²) in [6.07, 6.45) is 88.7. The van der Waals surface area contributed by atoms with Gasteiger partial charge >= 0.3 is 17.9 Å². The molecule has 0 aliphatic carbocycles. The molecule has 0 spiro atoms. The van der Waals surface area contributed by atoms with Crippen LogP contribution in [0.2, 0.25) is 0 Å². The highest BCUT2D eigenvalue weighted by Gasteiger charge is 2.19. The van der Waals surface area contributed by atoms with Gasteiger partial charge < -0.3 is 14.2 Å². The van der Waals surface area contributed by atoms with Crippen LogP contribution in [0.5, 0.6) is 0 Å². The van der Waals surface area contributed by atoms with Crippen molar-refractivity contribution in [1.29, 1.82) is 0 Å².